The van der Waals surface area contributed by atoms with E-state index in [1.165, 1.54) is 0 Å². The molecule has 2 amide bonds. The Morgan fingerprint density at radius 1 is 1.35 bits per heavy atom. The largest absolute Gasteiger partial charge is 0.479 e. The smallest absolute Gasteiger partial charge is 0.330 e. The lowest BCUT2D eigenvalue weighted by atomic mass is 10.1. The number of urea groups is 1. The van der Waals surface area contributed by atoms with E-state index in [2.05, 4.69) is 5.32 Å². The van der Waals surface area contributed by atoms with E-state index in [1.807, 2.05) is 13.0 Å². The third-order valence-electron chi connectivity index (χ3n) is 3.36. The molecule has 1 aromatic rings. The maximum atomic E-state index is 12.3. The van der Waals surface area contributed by atoms with Gasteiger partial charge in [-0.1, -0.05) is 37.3 Å². The number of amides is 2. The second-order valence-electron chi connectivity index (χ2n) is 5.06. The molecule has 1 fully saturated rings. The predicted octanol–water partition coefficient (Wildman–Crippen LogP) is 2.40. The molecule has 0 unspecified atom stereocenters. The van der Waals surface area contributed by atoms with Gasteiger partial charge < -0.3 is 15.3 Å². The number of nitrogens with one attached hydrogen (secondary N) is 1. The molecule has 2 N–H and O–H groups in total. The zero-order valence-corrected chi connectivity index (χ0v) is 11.6. The molecular weight excluding hydrogens is 256 g/mol. The first-order chi connectivity index (χ1) is 9.63. The first kappa shape index (κ1) is 14.4. The van der Waals surface area contributed by atoms with Gasteiger partial charge in [-0.3, -0.25) is 0 Å². The van der Waals surface area contributed by atoms with Crippen LogP contribution in [0.5, 0.6) is 0 Å². The Kier molecular flexibility index (Phi) is 4.61. The van der Waals surface area contributed by atoms with Crippen molar-refractivity contribution in [1.29, 1.82) is 0 Å². The van der Waals surface area contributed by atoms with Crippen LogP contribution in [0, 0.1) is 0 Å². The SMILES string of the molecule is CCCN(C(=O)N[C@@H](C(=O)O)c1ccccc1)C1CC1. The molecule has 5 heteroatoms. The van der Waals surface area contributed by atoms with Crippen molar-refractivity contribution in [2.75, 3.05) is 6.54 Å². The highest BCUT2D eigenvalue weighted by atomic mass is 16.4. The van der Waals surface area contributed by atoms with Crippen LogP contribution in [0.15, 0.2) is 30.3 Å². The van der Waals surface area contributed by atoms with Crippen molar-refractivity contribution < 1.29 is 14.7 Å². The highest BCUT2D eigenvalue weighted by molar-refractivity contribution is 5.84. The minimum Gasteiger partial charge on any atom is -0.479 e. The fourth-order valence-electron chi connectivity index (χ4n) is 2.22. The van der Waals surface area contributed by atoms with E-state index in [0.29, 0.717) is 12.1 Å². The Bertz CT molecular complexity index is 471. The molecule has 1 atom stereocenters. The normalized spacial score (nSPS) is 15.4. The highest BCUT2D eigenvalue weighted by Gasteiger charge is 2.33. The number of carboxylic acids is 1. The summed E-state index contributed by atoms with van der Waals surface area (Å²) in [5.41, 5.74) is 0.584. The molecule has 0 heterocycles. The predicted molar refractivity (Wildman–Crippen MR) is 75.4 cm³/mol. The monoisotopic (exact) mass is 276 g/mol. The van der Waals surface area contributed by atoms with E-state index in [-0.39, 0.29) is 12.1 Å². The molecule has 1 aromatic carbocycles. The summed E-state index contributed by atoms with van der Waals surface area (Å²) in [6, 6.07) is 7.76. The van der Waals surface area contributed by atoms with Crippen molar-refractivity contribution in [2.45, 2.75) is 38.3 Å². The van der Waals surface area contributed by atoms with Crippen molar-refractivity contribution in [3.05, 3.63) is 35.9 Å². The average molecular weight is 276 g/mol. The number of aliphatic carboxylic acids is 1. The Balaban J connectivity index is 2.07. The molecule has 0 aliphatic heterocycles. The molecule has 1 saturated carbocycles. The summed E-state index contributed by atoms with van der Waals surface area (Å²) < 4.78 is 0. The van der Waals surface area contributed by atoms with Crippen molar-refractivity contribution in [3.8, 4) is 0 Å². The van der Waals surface area contributed by atoms with E-state index < -0.39 is 12.0 Å². The molecule has 0 saturated heterocycles. The summed E-state index contributed by atoms with van der Waals surface area (Å²) in [7, 11) is 0. The number of hydrogen-bond donors (Lipinski definition) is 2. The van der Waals surface area contributed by atoms with Gasteiger partial charge in [0.25, 0.3) is 0 Å². The van der Waals surface area contributed by atoms with Crippen LogP contribution in [0.4, 0.5) is 4.79 Å². The summed E-state index contributed by atoms with van der Waals surface area (Å²) in [6.07, 6.45) is 2.89. The van der Waals surface area contributed by atoms with Crippen LogP contribution in [-0.2, 0) is 4.79 Å². The molecule has 1 aliphatic carbocycles. The molecule has 0 aromatic heterocycles. The van der Waals surface area contributed by atoms with Crippen LogP contribution < -0.4 is 5.32 Å². The quantitative estimate of drug-likeness (QED) is 0.838. The number of hydrogen-bond acceptors (Lipinski definition) is 2. The van der Waals surface area contributed by atoms with Crippen molar-refractivity contribution >= 4 is 12.0 Å². The van der Waals surface area contributed by atoms with Crippen molar-refractivity contribution in [2.24, 2.45) is 0 Å². The second-order valence-corrected chi connectivity index (χ2v) is 5.06. The van der Waals surface area contributed by atoms with E-state index in [0.717, 1.165) is 19.3 Å². The Morgan fingerprint density at radius 2 is 2.00 bits per heavy atom. The zero-order valence-electron chi connectivity index (χ0n) is 11.6. The topological polar surface area (TPSA) is 69.6 Å². The summed E-state index contributed by atoms with van der Waals surface area (Å²) in [5.74, 6) is -1.04. The maximum absolute atomic E-state index is 12.3. The lowest BCUT2D eigenvalue weighted by Crippen LogP contribution is -2.45. The van der Waals surface area contributed by atoms with Gasteiger partial charge in [0.15, 0.2) is 6.04 Å². The zero-order chi connectivity index (χ0) is 14.5. The van der Waals surface area contributed by atoms with Crippen LogP contribution in [0.2, 0.25) is 0 Å². The van der Waals surface area contributed by atoms with Gasteiger partial charge in [0, 0.05) is 12.6 Å². The van der Waals surface area contributed by atoms with E-state index in [1.54, 1.807) is 29.2 Å². The number of benzene rings is 1. The fourth-order valence-corrected chi connectivity index (χ4v) is 2.22. The van der Waals surface area contributed by atoms with Gasteiger partial charge in [-0.15, -0.1) is 0 Å². The van der Waals surface area contributed by atoms with Crippen molar-refractivity contribution in [3.63, 3.8) is 0 Å². The summed E-state index contributed by atoms with van der Waals surface area (Å²) in [5, 5.41) is 11.9. The van der Waals surface area contributed by atoms with Gasteiger partial charge in [0.1, 0.15) is 0 Å². The summed E-state index contributed by atoms with van der Waals surface area (Å²) in [6.45, 7) is 2.67. The Morgan fingerprint density at radius 3 is 2.50 bits per heavy atom. The molecule has 108 valence electrons. The number of rotatable bonds is 6. The lowest BCUT2D eigenvalue weighted by molar-refractivity contribution is -0.139. The van der Waals surface area contributed by atoms with Gasteiger partial charge in [0.05, 0.1) is 0 Å². The summed E-state index contributed by atoms with van der Waals surface area (Å²) >= 11 is 0. The summed E-state index contributed by atoms with van der Waals surface area (Å²) in [4.78, 5) is 25.4. The Labute approximate surface area is 118 Å². The minimum absolute atomic E-state index is 0.278. The second kappa shape index (κ2) is 6.41. The number of carbonyl (C=O) groups is 2. The van der Waals surface area contributed by atoms with Crippen molar-refractivity contribution in [1.82, 2.24) is 10.2 Å². The van der Waals surface area contributed by atoms with Crippen LogP contribution >= 0.6 is 0 Å². The van der Waals surface area contributed by atoms with Crippen LogP contribution in [0.25, 0.3) is 0 Å². The molecule has 0 radical (unpaired) electrons. The fraction of sp³-hybridized carbons (Fsp3) is 0.467. The van der Waals surface area contributed by atoms with E-state index >= 15 is 0 Å². The standard InChI is InChI=1S/C15H20N2O3/c1-2-10-17(12-8-9-12)15(20)16-13(14(18)19)11-6-4-3-5-7-11/h3-7,12-13H,2,8-10H2,1H3,(H,16,20)(H,18,19)/t13-/m1/s1. The lowest BCUT2D eigenvalue weighted by Gasteiger charge is -2.24. The molecule has 0 spiro atoms. The van der Waals surface area contributed by atoms with Gasteiger partial charge in [0.2, 0.25) is 0 Å². The first-order valence-electron chi connectivity index (χ1n) is 6.98. The van der Waals surface area contributed by atoms with Crippen LogP contribution in [0.1, 0.15) is 37.8 Å². The Hall–Kier alpha value is -2.04. The molecular formula is C15H20N2O3. The molecule has 0 bridgehead atoms. The first-order valence-corrected chi connectivity index (χ1v) is 6.98. The van der Waals surface area contributed by atoms with Gasteiger partial charge >= 0.3 is 12.0 Å². The van der Waals surface area contributed by atoms with E-state index in [9.17, 15) is 14.7 Å². The third kappa shape index (κ3) is 3.50. The average Bonchev–Trinajstić information content (AvgIpc) is 3.27. The number of carboxylic acid groups (broad SMARTS) is 1. The minimum atomic E-state index is -1.04. The van der Waals surface area contributed by atoms with Gasteiger partial charge in [-0.25, -0.2) is 9.59 Å². The van der Waals surface area contributed by atoms with E-state index in [4.69, 9.17) is 0 Å². The van der Waals surface area contributed by atoms with Gasteiger partial charge in [-0.2, -0.15) is 0 Å². The highest BCUT2D eigenvalue weighted by Crippen LogP contribution is 2.27. The van der Waals surface area contributed by atoms with Gasteiger partial charge in [-0.05, 0) is 24.8 Å². The van der Waals surface area contributed by atoms with Crippen LogP contribution in [-0.4, -0.2) is 34.6 Å². The molecule has 5 nitrogen and oxygen atoms in total. The number of carbonyl (C=O) groups excluding carboxylic acids is 1. The molecule has 1 aliphatic rings. The molecule has 2 rings (SSSR count). The molecule has 20 heavy (non-hydrogen) atoms. The van der Waals surface area contributed by atoms with Crippen LogP contribution in [0.3, 0.4) is 0 Å². The third-order valence-corrected chi connectivity index (χ3v) is 3.36. The maximum Gasteiger partial charge on any atom is 0.330 e. The number of nitrogens with zero attached hydrogens (tertiary/aromatic N) is 1.